The molecule has 2 aromatic heterocycles. The molecule has 23 heavy (non-hydrogen) atoms. The van der Waals surface area contributed by atoms with Gasteiger partial charge in [0.2, 0.25) is 11.8 Å². The maximum absolute atomic E-state index is 13.0. The van der Waals surface area contributed by atoms with Gasteiger partial charge in [-0.15, -0.1) is 0 Å². The molecule has 0 N–H and O–H groups in total. The van der Waals surface area contributed by atoms with Gasteiger partial charge in [0.1, 0.15) is 6.04 Å². The van der Waals surface area contributed by atoms with Crippen LogP contribution < -0.4 is 4.74 Å². The van der Waals surface area contributed by atoms with E-state index in [1.807, 2.05) is 36.6 Å². The first-order chi connectivity index (χ1) is 11.0. The number of ether oxygens (including phenoxy) is 1. The van der Waals surface area contributed by atoms with Crippen LogP contribution in [-0.4, -0.2) is 43.8 Å². The molecule has 0 spiro atoms. The van der Waals surface area contributed by atoms with E-state index in [0.29, 0.717) is 0 Å². The largest absolute Gasteiger partial charge is 0.481 e. The van der Waals surface area contributed by atoms with Gasteiger partial charge in [-0.3, -0.25) is 4.79 Å². The number of carbonyl (C=O) groups excluding carboxylic acids is 1. The van der Waals surface area contributed by atoms with Crippen molar-refractivity contribution in [2.75, 3.05) is 13.7 Å². The van der Waals surface area contributed by atoms with Crippen LogP contribution in [0.3, 0.4) is 0 Å². The molecule has 0 unspecified atom stereocenters. The monoisotopic (exact) mass is 317 g/mol. The molecule has 2 atom stereocenters. The lowest BCUT2D eigenvalue weighted by molar-refractivity contribution is -0.135. The van der Waals surface area contributed by atoms with Gasteiger partial charge in [-0.2, -0.15) is 5.10 Å². The SMILES string of the molecule is COc1c([C@@H]2CCCN2C(=O)[C@@H](C)n2ccnc2)c(C)nn1C. The number of hydrogen-bond donors (Lipinski definition) is 0. The molecular formula is C16H23N5O2. The Hall–Kier alpha value is -2.31. The first-order valence-electron chi connectivity index (χ1n) is 7.90. The van der Waals surface area contributed by atoms with Crippen molar-refractivity contribution < 1.29 is 9.53 Å². The summed E-state index contributed by atoms with van der Waals surface area (Å²) in [6.07, 6.45) is 7.13. The number of amides is 1. The van der Waals surface area contributed by atoms with E-state index in [4.69, 9.17) is 4.74 Å². The van der Waals surface area contributed by atoms with E-state index in [1.165, 1.54) is 0 Å². The number of carbonyl (C=O) groups is 1. The van der Waals surface area contributed by atoms with Crippen molar-refractivity contribution in [2.24, 2.45) is 7.05 Å². The van der Waals surface area contributed by atoms with Gasteiger partial charge < -0.3 is 14.2 Å². The van der Waals surface area contributed by atoms with Crippen LogP contribution in [0.25, 0.3) is 0 Å². The highest BCUT2D eigenvalue weighted by Crippen LogP contribution is 2.39. The molecule has 0 aromatic carbocycles. The number of aryl methyl sites for hydroxylation is 2. The van der Waals surface area contributed by atoms with Crippen molar-refractivity contribution in [3.05, 3.63) is 30.0 Å². The molecule has 1 saturated heterocycles. The van der Waals surface area contributed by atoms with Crippen molar-refractivity contribution in [2.45, 2.75) is 38.8 Å². The molecule has 1 fully saturated rings. The summed E-state index contributed by atoms with van der Waals surface area (Å²) in [6.45, 7) is 4.64. The maximum Gasteiger partial charge on any atom is 0.245 e. The van der Waals surface area contributed by atoms with Gasteiger partial charge >= 0.3 is 0 Å². The zero-order chi connectivity index (χ0) is 16.6. The highest BCUT2D eigenvalue weighted by Gasteiger charge is 2.36. The predicted octanol–water partition coefficient (Wildman–Crippen LogP) is 1.86. The molecule has 1 aliphatic rings. The molecule has 3 rings (SSSR count). The fraction of sp³-hybridized carbons (Fsp3) is 0.562. The first-order valence-corrected chi connectivity index (χ1v) is 7.90. The Morgan fingerprint density at radius 1 is 1.48 bits per heavy atom. The number of imidazole rings is 1. The third-order valence-electron chi connectivity index (χ3n) is 4.61. The summed E-state index contributed by atoms with van der Waals surface area (Å²) in [5, 5.41) is 4.45. The van der Waals surface area contributed by atoms with E-state index in [-0.39, 0.29) is 18.0 Å². The molecule has 124 valence electrons. The molecule has 0 saturated carbocycles. The highest BCUT2D eigenvalue weighted by molar-refractivity contribution is 5.81. The third-order valence-corrected chi connectivity index (χ3v) is 4.61. The summed E-state index contributed by atoms with van der Waals surface area (Å²) in [6, 6.07) is -0.238. The number of nitrogens with zero attached hydrogens (tertiary/aromatic N) is 5. The van der Waals surface area contributed by atoms with Crippen LogP contribution in [0.1, 0.15) is 43.1 Å². The summed E-state index contributed by atoms with van der Waals surface area (Å²) < 4.78 is 9.10. The topological polar surface area (TPSA) is 65.2 Å². The lowest BCUT2D eigenvalue weighted by atomic mass is 10.0. The Bertz CT molecular complexity index is 692. The molecule has 1 aliphatic heterocycles. The molecule has 2 aromatic rings. The minimum Gasteiger partial charge on any atom is -0.481 e. The van der Waals surface area contributed by atoms with Crippen LogP contribution in [0.4, 0.5) is 0 Å². The van der Waals surface area contributed by atoms with Crippen molar-refractivity contribution in [1.82, 2.24) is 24.2 Å². The Morgan fingerprint density at radius 2 is 2.26 bits per heavy atom. The summed E-state index contributed by atoms with van der Waals surface area (Å²) >= 11 is 0. The van der Waals surface area contributed by atoms with Crippen LogP contribution in [0.15, 0.2) is 18.7 Å². The van der Waals surface area contributed by atoms with Crippen molar-refractivity contribution >= 4 is 5.91 Å². The van der Waals surface area contributed by atoms with Crippen molar-refractivity contribution in [3.8, 4) is 5.88 Å². The summed E-state index contributed by atoms with van der Waals surface area (Å²) in [5.41, 5.74) is 1.95. The smallest absolute Gasteiger partial charge is 0.245 e. The van der Waals surface area contributed by atoms with E-state index in [2.05, 4.69) is 10.1 Å². The van der Waals surface area contributed by atoms with Gasteiger partial charge in [-0.05, 0) is 26.7 Å². The van der Waals surface area contributed by atoms with E-state index in [9.17, 15) is 4.79 Å². The Kier molecular flexibility index (Phi) is 4.11. The zero-order valence-corrected chi connectivity index (χ0v) is 14.1. The normalized spacial score (nSPS) is 19.1. The van der Waals surface area contributed by atoms with E-state index in [0.717, 1.165) is 36.5 Å². The summed E-state index contributed by atoms with van der Waals surface area (Å²) in [7, 11) is 3.51. The minimum absolute atomic E-state index is 0.0251. The third kappa shape index (κ3) is 2.60. The summed E-state index contributed by atoms with van der Waals surface area (Å²) in [5.74, 6) is 0.846. The molecule has 0 radical (unpaired) electrons. The Balaban J connectivity index is 1.90. The van der Waals surface area contributed by atoms with Crippen LogP contribution >= 0.6 is 0 Å². The number of aromatic nitrogens is 4. The fourth-order valence-electron chi connectivity index (χ4n) is 3.48. The van der Waals surface area contributed by atoms with Crippen molar-refractivity contribution in [3.63, 3.8) is 0 Å². The number of rotatable bonds is 4. The van der Waals surface area contributed by atoms with Gasteiger partial charge in [0.15, 0.2) is 0 Å². The molecule has 7 heteroatoms. The molecular weight excluding hydrogens is 294 g/mol. The Morgan fingerprint density at radius 3 is 2.91 bits per heavy atom. The first kappa shape index (κ1) is 15.6. The molecule has 0 bridgehead atoms. The second kappa shape index (κ2) is 6.06. The standard InChI is InChI=1S/C16H23N5O2/c1-11-14(16(23-4)19(3)18-11)13-6-5-8-21(13)15(22)12(2)20-9-7-17-10-20/h7,9-10,12-13H,5-6,8H2,1-4H3/t12-,13+/m1/s1. The Labute approximate surface area is 135 Å². The second-order valence-electron chi connectivity index (χ2n) is 6.01. The molecule has 3 heterocycles. The van der Waals surface area contributed by atoms with Gasteiger partial charge in [0, 0.05) is 26.0 Å². The molecule has 0 aliphatic carbocycles. The highest BCUT2D eigenvalue weighted by atomic mass is 16.5. The summed E-state index contributed by atoms with van der Waals surface area (Å²) in [4.78, 5) is 18.9. The van der Waals surface area contributed by atoms with E-state index < -0.39 is 0 Å². The minimum atomic E-state index is -0.263. The average Bonchev–Trinajstić information content (AvgIpc) is 3.24. The zero-order valence-electron chi connectivity index (χ0n) is 14.1. The van der Waals surface area contributed by atoms with E-state index >= 15 is 0 Å². The van der Waals surface area contributed by atoms with Gasteiger partial charge in [-0.25, -0.2) is 9.67 Å². The average molecular weight is 317 g/mol. The number of likely N-dealkylation sites (tertiary alicyclic amines) is 1. The van der Waals surface area contributed by atoms with Crippen LogP contribution in [0.2, 0.25) is 0 Å². The van der Waals surface area contributed by atoms with Crippen LogP contribution in [0, 0.1) is 6.92 Å². The fourth-order valence-corrected chi connectivity index (χ4v) is 3.48. The van der Waals surface area contributed by atoms with Gasteiger partial charge in [0.05, 0.1) is 30.7 Å². The lowest BCUT2D eigenvalue weighted by Crippen LogP contribution is -2.35. The number of hydrogen-bond acceptors (Lipinski definition) is 4. The lowest BCUT2D eigenvalue weighted by Gasteiger charge is -2.28. The van der Waals surface area contributed by atoms with Crippen molar-refractivity contribution in [1.29, 1.82) is 0 Å². The van der Waals surface area contributed by atoms with E-state index in [1.54, 1.807) is 24.3 Å². The van der Waals surface area contributed by atoms with Gasteiger partial charge in [0.25, 0.3) is 0 Å². The maximum atomic E-state index is 13.0. The van der Waals surface area contributed by atoms with Crippen LogP contribution in [0.5, 0.6) is 5.88 Å². The quantitative estimate of drug-likeness (QED) is 0.863. The molecule has 1 amide bonds. The number of methoxy groups -OCH3 is 1. The second-order valence-corrected chi connectivity index (χ2v) is 6.01. The predicted molar refractivity (Wildman–Crippen MR) is 85.1 cm³/mol. The molecule has 7 nitrogen and oxygen atoms in total. The van der Waals surface area contributed by atoms with Crippen LogP contribution in [-0.2, 0) is 11.8 Å². The van der Waals surface area contributed by atoms with Gasteiger partial charge in [-0.1, -0.05) is 0 Å².